The number of carbonyl (C=O) groups is 1. The Morgan fingerprint density at radius 2 is 1.95 bits per heavy atom. The number of ketones is 1. The van der Waals surface area contributed by atoms with E-state index in [9.17, 15) is 9.90 Å². The molecule has 2 nitrogen and oxygen atoms in total. The minimum atomic E-state index is 0.226. The van der Waals surface area contributed by atoms with Crippen LogP contribution in [-0.4, -0.2) is 10.9 Å². The Kier molecular flexibility index (Phi) is 2.37. The Morgan fingerprint density at radius 3 is 2.73 bits per heavy atom. The fraction of sp³-hybridized carbons (Fsp3) is 0.650. The number of fused-ring (bicyclic) bond motifs is 6. The van der Waals surface area contributed by atoms with Gasteiger partial charge in [0.05, 0.1) is 0 Å². The summed E-state index contributed by atoms with van der Waals surface area (Å²) in [6, 6.07) is 5.47. The third kappa shape index (κ3) is 1.44. The SMILES string of the molecule is CC12CCC3c4ccc(O)cc4C(=O)CC3C1CCC21CC1. The monoisotopic (exact) mass is 296 g/mol. The molecule has 0 heterocycles. The van der Waals surface area contributed by atoms with Crippen LogP contribution in [0.5, 0.6) is 5.75 Å². The highest BCUT2D eigenvalue weighted by atomic mass is 16.3. The first-order chi connectivity index (χ1) is 10.5. The largest absolute Gasteiger partial charge is 0.508 e. The quantitative estimate of drug-likeness (QED) is 0.755. The van der Waals surface area contributed by atoms with E-state index in [4.69, 9.17) is 0 Å². The summed E-state index contributed by atoms with van der Waals surface area (Å²) in [5, 5.41) is 9.72. The molecule has 22 heavy (non-hydrogen) atoms. The first-order valence-electron chi connectivity index (χ1n) is 8.90. The van der Waals surface area contributed by atoms with E-state index in [-0.39, 0.29) is 11.5 Å². The summed E-state index contributed by atoms with van der Waals surface area (Å²) in [5.74, 6) is 2.31. The number of rotatable bonds is 0. The molecule has 4 atom stereocenters. The van der Waals surface area contributed by atoms with Crippen molar-refractivity contribution >= 4 is 5.78 Å². The molecule has 3 fully saturated rings. The van der Waals surface area contributed by atoms with Gasteiger partial charge in [-0.15, -0.1) is 0 Å². The van der Waals surface area contributed by atoms with E-state index in [2.05, 4.69) is 6.92 Å². The van der Waals surface area contributed by atoms with E-state index < -0.39 is 0 Å². The summed E-state index contributed by atoms with van der Waals surface area (Å²) in [7, 11) is 0. The zero-order valence-electron chi connectivity index (χ0n) is 13.3. The molecule has 2 heteroatoms. The molecule has 0 radical (unpaired) electrons. The van der Waals surface area contributed by atoms with Gasteiger partial charge in [-0.1, -0.05) is 13.0 Å². The van der Waals surface area contributed by atoms with Gasteiger partial charge in [0.25, 0.3) is 0 Å². The molecule has 1 N–H and O–H groups in total. The lowest BCUT2D eigenvalue weighted by Crippen LogP contribution is -2.44. The molecule has 0 bridgehead atoms. The molecule has 4 aliphatic rings. The Balaban J connectivity index is 1.58. The minimum Gasteiger partial charge on any atom is -0.508 e. The van der Waals surface area contributed by atoms with Gasteiger partial charge in [-0.05, 0) is 84.8 Å². The average molecular weight is 296 g/mol. The highest BCUT2D eigenvalue weighted by Gasteiger charge is 2.66. The molecule has 0 aromatic heterocycles. The summed E-state index contributed by atoms with van der Waals surface area (Å²) >= 11 is 0. The average Bonchev–Trinajstić information content (AvgIpc) is 3.22. The predicted octanol–water partition coefficient (Wildman–Crippen LogP) is 4.67. The lowest BCUT2D eigenvalue weighted by atomic mass is 9.53. The van der Waals surface area contributed by atoms with E-state index in [0.717, 1.165) is 11.5 Å². The highest BCUT2D eigenvalue weighted by molar-refractivity contribution is 5.99. The van der Waals surface area contributed by atoms with Crippen molar-refractivity contribution in [2.24, 2.45) is 22.7 Å². The Morgan fingerprint density at radius 1 is 1.14 bits per heavy atom. The molecular formula is C20H24O2. The van der Waals surface area contributed by atoms with Gasteiger partial charge in [-0.3, -0.25) is 4.79 Å². The molecule has 1 aromatic rings. The summed E-state index contributed by atoms with van der Waals surface area (Å²) in [6.45, 7) is 2.53. The van der Waals surface area contributed by atoms with E-state index >= 15 is 0 Å². The molecule has 4 aliphatic carbocycles. The third-order valence-corrected chi connectivity index (χ3v) is 7.98. The Hall–Kier alpha value is -1.31. The minimum absolute atomic E-state index is 0.226. The fourth-order valence-electron chi connectivity index (χ4n) is 6.59. The van der Waals surface area contributed by atoms with Gasteiger partial charge in [0.1, 0.15) is 5.75 Å². The number of benzene rings is 1. The third-order valence-electron chi connectivity index (χ3n) is 7.98. The number of phenols is 1. The second kappa shape index (κ2) is 3.96. The lowest BCUT2D eigenvalue weighted by Gasteiger charge is -2.51. The zero-order chi connectivity index (χ0) is 15.1. The van der Waals surface area contributed by atoms with Crippen molar-refractivity contribution in [2.75, 3.05) is 0 Å². The van der Waals surface area contributed by atoms with Crippen LogP contribution in [0.4, 0.5) is 0 Å². The molecule has 0 saturated heterocycles. The van der Waals surface area contributed by atoms with E-state index in [1.165, 1.54) is 44.1 Å². The number of Topliss-reactive ketones (excluding diaryl/α,β-unsaturated/α-hetero) is 1. The fourth-order valence-corrected chi connectivity index (χ4v) is 6.59. The van der Waals surface area contributed by atoms with Crippen molar-refractivity contribution in [1.82, 2.24) is 0 Å². The van der Waals surface area contributed by atoms with Gasteiger partial charge >= 0.3 is 0 Å². The van der Waals surface area contributed by atoms with Crippen LogP contribution < -0.4 is 0 Å². The van der Waals surface area contributed by atoms with E-state index in [0.29, 0.717) is 29.1 Å². The van der Waals surface area contributed by atoms with Crippen molar-refractivity contribution in [3.8, 4) is 5.75 Å². The number of phenolic OH excluding ortho intramolecular Hbond substituents is 1. The topological polar surface area (TPSA) is 37.3 Å². The normalized spacial score (nSPS) is 41.0. The molecule has 116 valence electrons. The summed E-state index contributed by atoms with van der Waals surface area (Å²) in [6.07, 6.45) is 8.84. The van der Waals surface area contributed by atoms with Crippen LogP contribution >= 0.6 is 0 Å². The van der Waals surface area contributed by atoms with E-state index in [1.54, 1.807) is 12.1 Å². The molecule has 1 spiro atoms. The van der Waals surface area contributed by atoms with Crippen molar-refractivity contribution < 1.29 is 9.90 Å². The maximum absolute atomic E-state index is 12.7. The molecule has 5 rings (SSSR count). The van der Waals surface area contributed by atoms with Gasteiger partial charge in [0.2, 0.25) is 0 Å². The summed E-state index contributed by atoms with van der Waals surface area (Å²) in [4.78, 5) is 12.7. The second-order valence-corrected chi connectivity index (χ2v) is 8.55. The molecule has 0 amide bonds. The smallest absolute Gasteiger partial charge is 0.163 e. The molecule has 4 unspecified atom stereocenters. The Labute approximate surface area is 131 Å². The molecular weight excluding hydrogens is 272 g/mol. The number of carbonyl (C=O) groups excluding carboxylic acids is 1. The Bertz CT molecular complexity index is 672. The highest BCUT2D eigenvalue weighted by Crippen LogP contribution is 2.75. The van der Waals surface area contributed by atoms with Crippen molar-refractivity contribution in [3.05, 3.63) is 29.3 Å². The second-order valence-electron chi connectivity index (χ2n) is 8.55. The first kappa shape index (κ1) is 13.2. The molecule has 0 aliphatic heterocycles. The van der Waals surface area contributed by atoms with Crippen molar-refractivity contribution in [1.29, 1.82) is 0 Å². The molecule has 3 saturated carbocycles. The van der Waals surface area contributed by atoms with Crippen LogP contribution in [0.25, 0.3) is 0 Å². The van der Waals surface area contributed by atoms with Crippen molar-refractivity contribution in [2.45, 2.75) is 57.8 Å². The summed E-state index contributed by atoms with van der Waals surface area (Å²) in [5.41, 5.74) is 3.14. The van der Waals surface area contributed by atoms with Crippen LogP contribution in [0, 0.1) is 22.7 Å². The van der Waals surface area contributed by atoms with Gasteiger partial charge in [-0.2, -0.15) is 0 Å². The maximum atomic E-state index is 12.7. The van der Waals surface area contributed by atoms with Crippen molar-refractivity contribution in [3.63, 3.8) is 0 Å². The van der Waals surface area contributed by atoms with Crippen LogP contribution in [0.1, 0.15) is 73.7 Å². The number of hydrogen-bond acceptors (Lipinski definition) is 2. The summed E-state index contributed by atoms with van der Waals surface area (Å²) < 4.78 is 0. The van der Waals surface area contributed by atoms with Gasteiger partial charge in [0.15, 0.2) is 5.78 Å². The lowest BCUT2D eigenvalue weighted by molar-refractivity contribution is 0.0193. The van der Waals surface area contributed by atoms with Crippen LogP contribution in [0.15, 0.2) is 18.2 Å². The van der Waals surface area contributed by atoms with Crippen LogP contribution in [0.3, 0.4) is 0 Å². The van der Waals surface area contributed by atoms with E-state index in [1.807, 2.05) is 6.07 Å². The van der Waals surface area contributed by atoms with Gasteiger partial charge in [-0.25, -0.2) is 0 Å². The standard InChI is InChI=1S/C20H24O2/c1-19-6-4-14-13-3-2-12(21)10-16(13)18(22)11-15(14)17(19)5-7-20(19)8-9-20/h2-3,10,14-15,17,21H,4-9,11H2,1H3. The predicted molar refractivity (Wildman–Crippen MR) is 85.0 cm³/mol. The van der Waals surface area contributed by atoms with Crippen LogP contribution in [-0.2, 0) is 0 Å². The maximum Gasteiger partial charge on any atom is 0.163 e. The van der Waals surface area contributed by atoms with Crippen LogP contribution in [0.2, 0.25) is 0 Å². The zero-order valence-corrected chi connectivity index (χ0v) is 13.3. The first-order valence-corrected chi connectivity index (χ1v) is 8.90. The van der Waals surface area contributed by atoms with Gasteiger partial charge in [0, 0.05) is 12.0 Å². The number of aromatic hydroxyl groups is 1. The molecule has 1 aromatic carbocycles. The van der Waals surface area contributed by atoms with Gasteiger partial charge < -0.3 is 5.11 Å². The number of hydrogen-bond donors (Lipinski definition) is 1.